The minimum atomic E-state index is -2.01. The summed E-state index contributed by atoms with van der Waals surface area (Å²) in [5.74, 6) is -4.76. The second-order valence-corrected chi connectivity index (χ2v) is 25.8. The molecule has 24 heteroatoms. The van der Waals surface area contributed by atoms with Gasteiger partial charge >= 0.3 is 17.9 Å². The Morgan fingerprint density at radius 2 is 1.18 bits per heavy atom. The topological polar surface area (TPSA) is 388 Å². The van der Waals surface area contributed by atoms with Crippen LogP contribution in [-0.2, 0) is 52.3 Å². The van der Waals surface area contributed by atoms with Crippen molar-refractivity contribution in [3.05, 3.63) is 11.6 Å². The van der Waals surface area contributed by atoms with E-state index in [-0.39, 0.29) is 30.3 Å². The molecule has 29 unspecified atom stereocenters. The van der Waals surface area contributed by atoms with Gasteiger partial charge in [-0.15, -0.1) is 0 Å². The van der Waals surface area contributed by atoms with E-state index in [1.807, 2.05) is 6.92 Å². The van der Waals surface area contributed by atoms with Crippen molar-refractivity contribution in [2.75, 3.05) is 6.61 Å². The van der Waals surface area contributed by atoms with Crippen LogP contribution in [0, 0.1) is 50.2 Å². The normalized spacial score (nSPS) is 54.6. The molecule has 0 aromatic rings. The van der Waals surface area contributed by atoms with Crippen LogP contribution in [0.25, 0.3) is 0 Å². The number of carbonyl (C=O) groups excluding carboxylic acids is 1. The van der Waals surface area contributed by atoms with E-state index in [1.165, 1.54) is 20.8 Å². The van der Waals surface area contributed by atoms with E-state index < -0.39 is 180 Å². The highest BCUT2D eigenvalue weighted by Crippen LogP contribution is 2.76. The zero-order chi connectivity index (χ0) is 56.6. The van der Waals surface area contributed by atoms with Gasteiger partial charge in [-0.25, -0.2) is 4.79 Å². The molecule has 4 saturated heterocycles. The summed E-state index contributed by atoms with van der Waals surface area (Å²) in [7, 11) is 0. The number of hydrogen-bond donors (Lipinski definition) is 13. The Hall–Kier alpha value is -2.57. The first-order valence-electron chi connectivity index (χ1n) is 27.2. The Bertz CT molecular complexity index is 2250. The Labute approximate surface area is 446 Å². The summed E-state index contributed by atoms with van der Waals surface area (Å²) in [5.41, 5.74) is -4.03. The molecular formula is C53H82O24. The van der Waals surface area contributed by atoms with Gasteiger partial charge in [0.15, 0.2) is 31.1 Å². The molecule has 0 bridgehead atoms. The number of fused-ring (bicyclic) bond motifs is 7. The minimum Gasteiger partial charge on any atom is -0.481 e. The molecule has 0 radical (unpaired) electrons. The van der Waals surface area contributed by atoms with Crippen molar-refractivity contribution in [3.63, 3.8) is 0 Å². The maximum Gasteiger partial charge on any atom is 0.335 e. The summed E-state index contributed by atoms with van der Waals surface area (Å²) >= 11 is 0. The molecule has 0 spiro atoms. The van der Waals surface area contributed by atoms with E-state index >= 15 is 4.79 Å². The molecule has 5 aliphatic carbocycles. The fourth-order valence-corrected chi connectivity index (χ4v) is 16.2. The molecule has 0 aromatic carbocycles. The highest BCUT2D eigenvalue weighted by Gasteiger charge is 2.73. The van der Waals surface area contributed by atoms with Crippen molar-refractivity contribution in [1.29, 1.82) is 0 Å². The summed E-state index contributed by atoms with van der Waals surface area (Å²) in [4.78, 5) is 41.0. The lowest BCUT2D eigenvalue weighted by atomic mass is 9.33. The Morgan fingerprint density at radius 1 is 0.584 bits per heavy atom. The molecule has 4 heterocycles. The van der Waals surface area contributed by atoms with Crippen LogP contribution in [0.15, 0.2) is 11.6 Å². The standard InChI is InChI=1S/C53H82O24/c1-20-28(56)31(59)39(75-43-36(64)33(61)37(21(2)72-43)73-42-34(62)29(57)25(55)19-70-42)45(71-20)77-47(69)53-15-13-48(3,4)17-23(53)22-9-10-26-49(5)18-24(54)40(76-44-35(63)30(58)32(60)38(74-44)41(65)66)52(8,46(67)68)27(49)11-12-51(26,7)50(22,6)14-16-53/h9,20-21,23-40,42-45,54-64H,10-19H2,1-8H3,(H,65,66)(H,67,68). The number of hydrogen-bond acceptors (Lipinski definition) is 22. The van der Waals surface area contributed by atoms with E-state index in [0.29, 0.717) is 51.4 Å². The Kier molecular flexibility index (Phi) is 15.9. The van der Waals surface area contributed by atoms with Crippen LogP contribution in [-0.4, -0.2) is 220 Å². The van der Waals surface area contributed by atoms with Crippen molar-refractivity contribution in [1.82, 2.24) is 0 Å². The van der Waals surface area contributed by atoms with E-state index in [4.69, 9.17) is 37.9 Å². The molecule has 4 saturated carbocycles. The molecular weight excluding hydrogens is 1020 g/mol. The number of carboxylic acid groups (broad SMARTS) is 2. The largest absolute Gasteiger partial charge is 0.481 e. The Balaban J connectivity index is 0.966. The third-order valence-electron chi connectivity index (χ3n) is 21.0. The maximum atomic E-state index is 15.4. The molecule has 0 aromatic heterocycles. The number of carbonyl (C=O) groups is 3. The van der Waals surface area contributed by atoms with E-state index in [0.717, 1.165) is 5.57 Å². The Morgan fingerprint density at radius 3 is 1.84 bits per heavy atom. The molecule has 77 heavy (non-hydrogen) atoms. The van der Waals surface area contributed by atoms with Gasteiger partial charge in [0, 0.05) is 0 Å². The lowest BCUT2D eigenvalue weighted by molar-refractivity contribution is -0.373. The zero-order valence-corrected chi connectivity index (χ0v) is 44.8. The predicted octanol–water partition coefficient (Wildman–Crippen LogP) is -1.21. The molecule has 438 valence electrons. The van der Waals surface area contributed by atoms with Gasteiger partial charge in [-0.2, -0.15) is 0 Å². The van der Waals surface area contributed by atoms with Crippen molar-refractivity contribution >= 4 is 17.9 Å². The molecule has 0 amide bonds. The van der Waals surface area contributed by atoms with Crippen molar-refractivity contribution in [2.24, 2.45) is 50.2 Å². The second kappa shape index (κ2) is 20.7. The fourth-order valence-electron chi connectivity index (χ4n) is 16.2. The van der Waals surface area contributed by atoms with Crippen molar-refractivity contribution < 1.29 is 119 Å². The molecule has 4 aliphatic heterocycles. The van der Waals surface area contributed by atoms with Gasteiger partial charge in [0.05, 0.1) is 35.7 Å². The van der Waals surface area contributed by atoms with Crippen LogP contribution in [0.4, 0.5) is 0 Å². The quantitative estimate of drug-likeness (QED) is 0.0693. The maximum absolute atomic E-state index is 15.4. The monoisotopic (exact) mass is 1100 g/mol. The van der Waals surface area contributed by atoms with Gasteiger partial charge < -0.3 is 104 Å². The fraction of sp³-hybridized carbons (Fsp3) is 0.906. The van der Waals surface area contributed by atoms with Crippen molar-refractivity contribution in [2.45, 2.75) is 242 Å². The first-order chi connectivity index (χ1) is 35.8. The molecule has 13 N–H and O–H groups in total. The summed E-state index contributed by atoms with van der Waals surface area (Å²) in [5, 5.41) is 141. The van der Waals surface area contributed by atoms with Crippen LogP contribution in [0.3, 0.4) is 0 Å². The van der Waals surface area contributed by atoms with Crippen LogP contribution in [0.1, 0.15) is 113 Å². The van der Waals surface area contributed by atoms with Gasteiger partial charge in [-0.1, -0.05) is 46.3 Å². The third kappa shape index (κ3) is 9.33. The summed E-state index contributed by atoms with van der Waals surface area (Å²) < 4.78 is 47.1. The average molecular weight is 1100 g/mol. The smallest absolute Gasteiger partial charge is 0.335 e. The van der Waals surface area contributed by atoms with Gasteiger partial charge in [0.2, 0.25) is 6.29 Å². The third-order valence-corrected chi connectivity index (χ3v) is 21.0. The number of ether oxygens (including phenoxy) is 8. The first-order valence-corrected chi connectivity index (χ1v) is 27.2. The average Bonchev–Trinajstić information content (AvgIpc) is 3.55. The van der Waals surface area contributed by atoms with Gasteiger partial charge in [-0.3, -0.25) is 9.59 Å². The molecule has 24 nitrogen and oxygen atoms in total. The highest BCUT2D eigenvalue weighted by molar-refractivity contribution is 5.79. The molecule has 8 fully saturated rings. The number of rotatable bonds is 10. The predicted molar refractivity (Wildman–Crippen MR) is 258 cm³/mol. The zero-order valence-electron chi connectivity index (χ0n) is 44.8. The van der Waals surface area contributed by atoms with Crippen LogP contribution >= 0.6 is 0 Å². The number of esters is 1. The number of aliphatic hydroxyl groups excluding tert-OH is 11. The number of aliphatic carboxylic acids is 2. The minimum absolute atomic E-state index is 0.0584. The van der Waals surface area contributed by atoms with Crippen LogP contribution < -0.4 is 0 Å². The SMILES string of the molecule is CC1OC(OC(=O)C23CCC(C)(C)CC2C2=CCC4C5(C)CC(O)C(OC6OC(C(=O)O)C(O)C(O)C6O)C(C)(C(=O)O)C5CCC4(C)C2(C)CC3)C(OC2OC(C)C(OC3OCC(O)C(O)C3O)C(O)C2O)C(O)C1O. The molecule has 29 atom stereocenters. The second-order valence-electron chi connectivity index (χ2n) is 25.8. The molecule has 9 rings (SSSR count). The van der Waals surface area contributed by atoms with E-state index in [1.54, 1.807) is 0 Å². The molecule has 9 aliphatic rings. The number of allylic oxidation sites excluding steroid dienone is 2. The van der Waals surface area contributed by atoms with Crippen LogP contribution in [0.2, 0.25) is 0 Å². The van der Waals surface area contributed by atoms with Crippen LogP contribution in [0.5, 0.6) is 0 Å². The van der Waals surface area contributed by atoms with E-state index in [2.05, 4.69) is 33.8 Å². The highest BCUT2D eigenvalue weighted by atomic mass is 16.8. The van der Waals surface area contributed by atoms with E-state index in [9.17, 15) is 76.0 Å². The lowest BCUT2D eigenvalue weighted by Crippen LogP contribution is -2.70. The number of carboxylic acids is 2. The number of aliphatic hydroxyl groups is 11. The summed E-state index contributed by atoms with van der Waals surface area (Å²) in [6.07, 6.45) is -28.5. The van der Waals surface area contributed by atoms with Crippen molar-refractivity contribution in [3.8, 4) is 0 Å². The summed E-state index contributed by atoms with van der Waals surface area (Å²) in [6, 6.07) is 0. The van der Waals surface area contributed by atoms with Gasteiger partial charge in [-0.05, 0) is 118 Å². The first kappa shape index (κ1) is 59.1. The summed E-state index contributed by atoms with van der Waals surface area (Å²) in [6.45, 7) is 14.8. The lowest BCUT2D eigenvalue weighted by Gasteiger charge is -2.71. The van der Waals surface area contributed by atoms with Gasteiger partial charge in [0.1, 0.15) is 73.2 Å². The van der Waals surface area contributed by atoms with Gasteiger partial charge in [0.25, 0.3) is 0 Å².